The van der Waals surface area contributed by atoms with Crippen molar-refractivity contribution in [3.05, 3.63) is 24.3 Å². The van der Waals surface area contributed by atoms with Crippen LogP contribution in [-0.2, 0) is 14.8 Å². The summed E-state index contributed by atoms with van der Waals surface area (Å²) in [6.45, 7) is 5.54. The molecular formula is C14H20N2O4S. The van der Waals surface area contributed by atoms with Gasteiger partial charge in [-0.05, 0) is 32.9 Å². The van der Waals surface area contributed by atoms with Crippen LogP contribution in [0.1, 0.15) is 20.8 Å². The van der Waals surface area contributed by atoms with E-state index in [0.717, 1.165) is 6.26 Å². The summed E-state index contributed by atoms with van der Waals surface area (Å²) in [5.74, 6) is 0.0638. The van der Waals surface area contributed by atoms with Gasteiger partial charge in [0.15, 0.2) is 6.10 Å². The van der Waals surface area contributed by atoms with Gasteiger partial charge in [0, 0.05) is 5.54 Å². The Morgan fingerprint density at radius 3 is 2.52 bits per heavy atom. The predicted molar refractivity (Wildman–Crippen MR) is 80.9 cm³/mol. The zero-order valence-corrected chi connectivity index (χ0v) is 13.4. The van der Waals surface area contributed by atoms with Gasteiger partial charge in [0.05, 0.1) is 18.5 Å². The monoisotopic (exact) mass is 312 g/mol. The Morgan fingerprint density at radius 2 is 1.95 bits per heavy atom. The van der Waals surface area contributed by atoms with Crippen LogP contribution in [-0.4, -0.2) is 38.8 Å². The van der Waals surface area contributed by atoms with Gasteiger partial charge in [0.25, 0.3) is 5.91 Å². The Kier molecular flexibility index (Phi) is 3.88. The minimum absolute atomic E-state index is 0.0300. The highest BCUT2D eigenvalue weighted by Crippen LogP contribution is 2.34. The van der Waals surface area contributed by atoms with E-state index in [9.17, 15) is 13.2 Å². The molecule has 0 bridgehead atoms. The highest BCUT2D eigenvalue weighted by molar-refractivity contribution is 7.92. The van der Waals surface area contributed by atoms with Crippen LogP contribution < -0.4 is 14.4 Å². The van der Waals surface area contributed by atoms with Crippen molar-refractivity contribution in [1.82, 2.24) is 5.32 Å². The summed E-state index contributed by atoms with van der Waals surface area (Å²) >= 11 is 0. The second kappa shape index (κ2) is 5.22. The van der Waals surface area contributed by atoms with Crippen molar-refractivity contribution in [3.8, 4) is 5.75 Å². The summed E-state index contributed by atoms with van der Waals surface area (Å²) in [5.41, 5.74) is 0.0488. The van der Waals surface area contributed by atoms with E-state index in [1.165, 1.54) is 4.31 Å². The predicted octanol–water partition coefficient (Wildman–Crippen LogP) is 1.13. The molecule has 0 saturated carbocycles. The first-order valence-electron chi connectivity index (χ1n) is 6.63. The first kappa shape index (κ1) is 15.6. The third-order valence-electron chi connectivity index (χ3n) is 2.93. The second-order valence-electron chi connectivity index (χ2n) is 6.11. The van der Waals surface area contributed by atoms with Gasteiger partial charge in [0.1, 0.15) is 5.75 Å². The topological polar surface area (TPSA) is 75.7 Å². The van der Waals surface area contributed by atoms with Crippen molar-refractivity contribution in [1.29, 1.82) is 0 Å². The Bertz CT molecular complexity index is 649. The van der Waals surface area contributed by atoms with E-state index in [1.54, 1.807) is 24.3 Å². The highest BCUT2D eigenvalue weighted by atomic mass is 32.2. The first-order chi connectivity index (χ1) is 9.58. The van der Waals surface area contributed by atoms with E-state index in [4.69, 9.17) is 4.74 Å². The summed E-state index contributed by atoms with van der Waals surface area (Å²) < 4.78 is 30.7. The van der Waals surface area contributed by atoms with Crippen molar-refractivity contribution in [2.24, 2.45) is 0 Å². The number of benzene rings is 1. The third kappa shape index (κ3) is 3.66. The third-order valence-corrected chi connectivity index (χ3v) is 4.07. The van der Waals surface area contributed by atoms with E-state index in [1.807, 2.05) is 20.8 Å². The van der Waals surface area contributed by atoms with E-state index < -0.39 is 21.7 Å². The van der Waals surface area contributed by atoms with Crippen molar-refractivity contribution < 1.29 is 17.9 Å². The number of carbonyl (C=O) groups is 1. The zero-order chi connectivity index (χ0) is 15.8. The fraction of sp³-hybridized carbons (Fsp3) is 0.500. The maximum absolute atomic E-state index is 12.2. The van der Waals surface area contributed by atoms with Gasteiger partial charge in [-0.2, -0.15) is 0 Å². The van der Waals surface area contributed by atoms with Crippen LogP contribution in [0.25, 0.3) is 0 Å². The molecule has 1 aromatic rings. The molecule has 0 radical (unpaired) electrons. The van der Waals surface area contributed by atoms with Gasteiger partial charge in [-0.1, -0.05) is 12.1 Å². The molecule has 0 aliphatic carbocycles. The summed E-state index contributed by atoms with van der Waals surface area (Å²) in [5, 5.41) is 2.81. The van der Waals surface area contributed by atoms with Crippen LogP contribution in [0.4, 0.5) is 5.69 Å². The number of ether oxygens (including phenoxy) is 1. The van der Waals surface area contributed by atoms with Gasteiger partial charge in [-0.3, -0.25) is 9.10 Å². The van der Waals surface area contributed by atoms with E-state index in [0.29, 0.717) is 11.4 Å². The number of nitrogens with one attached hydrogen (secondary N) is 1. The molecule has 1 aliphatic rings. The number of para-hydroxylation sites is 2. The Balaban J connectivity index is 2.33. The van der Waals surface area contributed by atoms with Crippen molar-refractivity contribution in [2.45, 2.75) is 32.4 Å². The van der Waals surface area contributed by atoms with Gasteiger partial charge < -0.3 is 10.1 Å². The first-order valence-corrected chi connectivity index (χ1v) is 8.48. The smallest absolute Gasteiger partial charge is 0.263 e. The molecule has 21 heavy (non-hydrogen) atoms. The summed E-state index contributed by atoms with van der Waals surface area (Å²) in [6.07, 6.45) is 0.252. The zero-order valence-electron chi connectivity index (χ0n) is 12.6. The molecule has 1 heterocycles. The SMILES string of the molecule is CC(C)(C)NC(=O)[C@@H]1CN(S(C)(=O)=O)c2ccccc2O1. The standard InChI is InChI=1S/C14H20N2O4S/c1-14(2,3)15-13(17)12-9-16(21(4,18)19)10-7-5-6-8-11(10)20-12/h5-8,12H,9H2,1-4H3,(H,15,17)/t12-/m0/s1. The summed E-state index contributed by atoms with van der Waals surface area (Å²) in [7, 11) is -3.48. The van der Waals surface area contributed by atoms with Crippen LogP contribution in [0.15, 0.2) is 24.3 Å². The largest absolute Gasteiger partial charge is 0.476 e. The molecule has 1 aromatic carbocycles. The maximum Gasteiger partial charge on any atom is 0.263 e. The quantitative estimate of drug-likeness (QED) is 0.888. The second-order valence-corrected chi connectivity index (χ2v) is 8.01. The number of nitrogens with zero attached hydrogens (tertiary/aromatic N) is 1. The molecule has 0 fully saturated rings. The lowest BCUT2D eigenvalue weighted by Crippen LogP contribution is -2.54. The molecule has 0 aromatic heterocycles. The molecule has 7 heteroatoms. The number of hydrogen-bond donors (Lipinski definition) is 1. The van der Waals surface area contributed by atoms with Crippen molar-refractivity contribution >= 4 is 21.6 Å². The lowest BCUT2D eigenvalue weighted by Gasteiger charge is -2.35. The lowest BCUT2D eigenvalue weighted by atomic mass is 10.1. The Morgan fingerprint density at radius 1 is 1.33 bits per heavy atom. The molecular weight excluding hydrogens is 292 g/mol. The van der Waals surface area contributed by atoms with Crippen LogP contribution in [0, 0.1) is 0 Å². The number of fused-ring (bicyclic) bond motifs is 1. The molecule has 0 unspecified atom stereocenters. The Hall–Kier alpha value is -1.76. The molecule has 1 atom stereocenters. The molecule has 1 amide bonds. The molecule has 116 valence electrons. The average molecular weight is 312 g/mol. The molecule has 1 aliphatic heterocycles. The fourth-order valence-corrected chi connectivity index (χ4v) is 3.02. The number of carbonyl (C=O) groups excluding carboxylic acids is 1. The van der Waals surface area contributed by atoms with Gasteiger partial charge in [-0.25, -0.2) is 8.42 Å². The van der Waals surface area contributed by atoms with Crippen LogP contribution in [0.5, 0.6) is 5.75 Å². The van der Waals surface area contributed by atoms with Gasteiger partial charge in [0.2, 0.25) is 10.0 Å². The van der Waals surface area contributed by atoms with Crippen molar-refractivity contribution in [3.63, 3.8) is 0 Å². The van der Waals surface area contributed by atoms with Gasteiger partial charge >= 0.3 is 0 Å². The molecule has 1 N–H and O–H groups in total. The van der Waals surface area contributed by atoms with Crippen LogP contribution in [0.3, 0.4) is 0 Å². The summed E-state index contributed by atoms with van der Waals surface area (Å²) in [6, 6.07) is 6.79. The normalized spacial score (nSPS) is 18.7. The highest BCUT2D eigenvalue weighted by Gasteiger charge is 2.35. The minimum Gasteiger partial charge on any atom is -0.476 e. The van der Waals surface area contributed by atoms with E-state index in [2.05, 4.69) is 5.32 Å². The molecule has 0 spiro atoms. The molecule has 6 nitrogen and oxygen atoms in total. The number of rotatable bonds is 2. The molecule has 2 rings (SSSR count). The van der Waals surface area contributed by atoms with E-state index in [-0.39, 0.29) is 12.5 Å². The lowest BCUT2D eigenvalue weighted by molar-refractivity contribution is -0.129. The molecule has 0 saturated heterocycles. The summed E-state index contributed by atoms with van der Waals surface area (Å²) in [4.78, 5) is 12.2. The van der Waals surface area contributed by atoms with Crippen molar-refractivity contribution in [2.75, 3.05) is 17.1 Å². The van der Waals surface area contributed by atoms with Crippen LogP contribution >= 0.6 is 0 Å². The minimum atomic E-state index is -3.48. The fourth-order valence-electron chi connectivity index (χ4n) is 2.10. The van der Waals surface area contributed by atoms with Gasteiger partial charge in [-0.15, -0.1) is 0 Å². The number of amides is 1. The Labute approximate surface area is 125 Å². The number of hydrogen-bond acceptors (Lipinski definition) is 4. The maximum atomic E-state index is 12.2. The van der Waals surface area contributed by atoms with E-state index >= 15 is 0 Å². The number of sulfonamides is 1. The average Bonchev–Trinajstić information content (AvgIpc) is 2.34. The van der Waals surface area contributed by atoms with Crippen LogP contribution in [0.2, 0.25) is 0 Å². The number of anilines is 1.